The molecule has 0 saturated heterocycles. The zero-order valence-corrected chi connectivity index (χ0v) is 12.9. The van der Waals surface area contributed by atoms with E-state index in [-0.39, 0.29) is 6.85 Å². The Balaban J connectivity index is 2.04. The van der Waals surface area contributed by atoms with Gasteiger partial charge in [-0.2, -0.15) is 0 Å². The highest BCUT2D eigenvalue weighted by Crippen LogP contribution is 2.22. The third kappa shape index (κ3) is 1.64. The highest BCUT2D eigenvalue weighted by atomic mass is 127. The number of benzene rings is 2. The number of hydrogen-bond donors (Lipinski definition) is 1. The average molecular weight is 370 g/mol. The van der Waals surface area contributed by atoms with Crippen LogP contribution in [0.3, 0.4) is 0 Å². The molecule has 20 heavy (non-hydrogen) atoms. The van der Waals surface area contributed by atoms with Crippen LogP contribution in [0.25, 0.3) is 12.2 Å². The summed E-state index contributed by atoms with van der Waals surface area (Å²) in [5, 5.41) is 0. The van der Waals surface area contributed by atoms with Crippen molar-refractivity contribution in [3.05, 3.63) is 63.5 Å². The van der Waals surface area contributed by atoms with Crippen LogP contribution in [0, 0.1) is 3.57 Å². The van der Waals surface area contributed by atoms with Gasteiger partial charge in [0.1, 0.15) is 0 Å². The van der Waals surface area contributed by atoms with Crippen LogP contribution in [-0.2, 0) is 0 Å². The van der Waals surface area contributed by atoms with E-state index < -0.39 is 0 Å². The van der Waals surface area contributed by atoms with Crippen molar-refractivity contribution in [2.45, 2.75) is 0 Å². The van der Waals surface area contributed by atoms with E-state index in [0.717, 1.165) is 5.69 Å². The highest BCUT2D eigenvalue weighted by molar-refractivity contribution is 14.1. The minimum Gasteiger partial charge on any atom is -0.399 e. The van der Waals surface area contributed by atoms with Gasteiger partial charge in [0.15, 0.2) is 0 Å². The second-order valence-corrected chi connectivity index (χ2v) is 6.24. The summed E-state index contributed by atoms with van der Waals surface area (Å²) in [5.74, 6) is 0. The Hall–Kier alpha value is -1.69. The third-order valence-electron chi connectivity index (χ3n) is 3.96. The number of anilines is 1. The Morgan fingerprint density at radius 2 is 1.55 bits per heavy atom. The van der Waals surface area contributed by atoms with Crippen LogP contribution in [0.15, 0.2) is 48.8 Å². The number of nitrogen functional groups attached to an aromatic ring is 1. The summed E-state index contributed by atoms with van der Waals surface area (Å²) >= 11 is 2.42. The highest BCUT2D eigenvalue weighted by Gasteiger charge is 2.35. The number of halogens is 1. The van der Waals surface area contributed by atoms with E-state index in [1.165, 1.54) is 25.6 Å². The molecule has 0 aliphatic carbocycles. The van der Waals surface area contributed by atoms with E-state index >= 15 is 0 Å². The molecule has 0 radical (unpaired) electrons. The maximum absolute atomic E-state index is 6.27. The summed E-state index contributed by atoms with van der Waals surface area (Å²) in [7, 11) is 0. The lowest BCUT2D eigenvalue weighted by Crippen LogP contribution is -2.58. The van der Waals surface area contributed by atoms with E-state index in [0.29, 0.717) is 0 Å². The van der Waals surface area contributed by atoms with Crippen molar-refractivity contribution in [2.24, 2.45) is 0 Å². The fourth-order valence-electron chi connectivity index (χ4n) is 3.05. The number of rotatable bonds is 0. The lowest BCUT2D eigenvalue weighted by Gasteiger charge is -2.35. The summed E-state index contributed by atoms with van der Waals surface area (Å²) in [4.78, 5) is 2.24. The first kappa shape index (κ1) is 12.1. The molecule has 0 spiro atoms. The molecule has 4 rings (SSSR count). The summed E-state index contributed by atoms with van der Waals surface area (Å²) in [6.45, 7) is 0.185. The molecule has 2 aromatic rings. The van der Waals surface area contributed by atoms with E-state index in [4.69, 9.17) is 5.73 Å². The van der Waals surface area contributed by atoms with Crippen LogP contribution in [0.1, 0.15) is 11.1 Å². The molecular weight excluding hydrogens is 358 g/mol. The molecule has 0 amide bonds. The first-order valence-electron chi connectivity index (χ1n) is 6.56. The molecule has 0 unspecified atom stereocenters. The van der Waals surface area contributed by atoms with Crippen LogP contribution >= 0.6 is 22.6 Å². The maximum atomic E-state index is 6.27. The monoisotopic (exact) mass is 370 g/mol. The summed E-state index contributed by atoms with van der Waals surface area (Å²) < 4.78 is 1.28. The topological polar surface area (TPSA) is 29.3 Å². The molecule has 2 heterocycles. The van der Waals surface area contributed by atoms with E-state index in [2.05, 4.69) is 76.2 Å². The van der Waals surface area contributed by atoms with E-state index in [1.807, 2.05) is 12.1 Å². The quantitative estimate of drug-likeness (QED) is 0.438. The van der Waals surface area contributed by atoms with E-state index in [1.54, 1.807) is 0 Å². The summed E-state index contributed by atoms with van der Waals surface area (Å²) in [6, 6.07) is 12.6. The Morgan fingerprint density at radius 3 is 2.30 bits per heavy atom. The Morgan fingerprint density at radius 1 is 0.900 bits per heavy atom. The molecule has 96 valence electrons. The predicted octanol–water partition coefficient (Wildman–Crippen LogP) is 2.25. The minimum absolute atomic E-state index is 0.185. The lowest BCUT2D eigenvalue weighted by molar-refractivity contribution is 0.804. The molecule has 0 bridgehead atoms. The fourth-order valence-corrected chi connectivity index (χ4v) is 3.86. The van der Waals surface area contributed by atoms with Crippen molar-refractivity contribution in [2.75, 3.05) is 5.73 Å². The van der Waals surface area contributed by atoms with Crippen molar-refractivity contribution in [3.8, 4) is 0 Å². The van der Waals surface area contributed by atoms with Crippen molar-refractivity contribution < 1.29 is 0 Å². The Labute approximate surface area is 132 Å². The minimum atomic E-state index is 0.185. The molecule has 2 nitrogen and oxygen atoms in total. The lowest BCUT2D eigenvalue weighted by atomic mass is 9.45. The van der Waals surface area contributed by atoms with Crippen molar-refractivity contribution in [1.29, 1.82) is 0 Å². The number of nitrogens with two attached hydrogens (primary N) is 1. The van der Waals surface area contributed by atoms with Gasteiger partial charge in [0.05, 0.1) is 0 Å². The summed E-state index contributed by atoms with van der Waals surface area (Å²) in [6.07, 6.45) is 8.57. The molecule has 0 fully saturated rings. The largest absolute Gasteiger partial charge is 0.399 e. The van der Waals surface area contributed by atoms with Crippen LogP contribution in [0.5, 0.6) is 0 Å². The van der Waals surface area contributed by atoms with Gasteiger partial charge in [-0.1, -0.05) is 24.3 Å². The third-order valence-corrected chi connectivity index (χ3v) is 4.90. The average Bonchev–Trinajstić information content (AvgIpc) is 2.47. The number of fused-ring (bicyclic) bond motifs is 5. The van der Waals surface area contributed by atoms with Gasteiger partial charge in [0, 0.05) is 9.26 Å². The molecule has 2 aliphatic heterocycles. The van der Waals surface area contributed by atoms with Crippen LogP contribution in [0.4, 0.5) is 5.69 Å². The molecule has 0 saturated carbocycles. The van der Waals surface area contributed by atoms with Crippen LogP contribution in [0.2, 0.25) is 0 Å². The van der Waals surface area contributed by atoms with Gasteiger partial charge in [-0.3, -0.25) is 0 Å². The molecule has 0 aromatic heterocycles. The van der Waals surface area contributed by atoms with Crippen molar-refractivity contribution in [3.63, 3.8) is 0 Å². The van der Waals surface area contributed by atoms with Crippen LogP contribution in [-0.4, -0.2) is 11.7 Å². The first-order valence-corrected chi connectivity index (χ1v) is 7.64. The zero-order chi connectivity index (χ0) is 13.7. The van der Waals surface area contributed by atoms with Gasteiger partial charge in [0.25, 0.3) is 0 Å². The van der Waals surface area contributed by atoms with Gasteiger partial charge in [-0.05, 0) is 81.3 Å². The SMILES string of the molecule is Nc1cccc2c1B1c3c(I)cccc3C=CN1C=C2. The molecular formula is C16H12BIN2. The molecule has 2 aliphatic rings. The fraction of sp³-hybridized carbons (Fsp3) is 0. The second kappa shape index (κ2) is 4.41. The molecule has 2 N–H and O–H groups in total. The van der Waals surface area contributed by atoms with Crippen LogP contribution < -0.4 is 16.7 Å². The summed E-state index contributed by atoms with van der Waals surface area (Å²) in [5.41, 5.74) is 12.2. The van der Waals surface area contributed by atoms with Gasteiger partial charge >= 0.3 is 6.85 Å². The predicted molar refractivity (Wildman–Crippen MR) is 94.9 cm³/mol. The van der Waals surface area contributed by atoms with Crippen molar-refractivity contribution >= 4 is 58.2 Å². The molecule has 2 aromatic carbocycles. The standard InChI is InChI=1S/C16H12BIN2/c18-13-5-1-3-11-7-9-20-10-8-12-4-2-6-14(19)16(12)17(20)15(11)13/h1-10H,19H2. The van der Waals surface area contributed by atoms with Gasteiger partial charge in [0.2, 0.25) is 0 Å². The smallest absolute Gasteiger partial charge is 0.331 e. The number of hydrogen-bond acceptors (Lipinski definition) is 2. The number of nitrogens with zero attached hydrogens (tertiary/aromatic N) is 1. The van der Waals surface area contributed by atoms with Gasteiger partial charge in [-0.15, -0.1) is 0 Å². The molecule has 0 atom stereocenters. The molecule has 4 heteroatoms. The van der Waals surface area contributed by atoms with Gasteiger partial charge < -0.3 is 10.5 Å². The Bertz CT molecular complexity index is 704. The zero-order valence-electron chi connectivity index (χ0n) is 10.8. The van der Waals surface area contributed by atoms with Gasteiger partial charge in [-0.25, -0.2) is 0 Å². The first-order chi connectivity index (χ1) is 9.75. The second-order valence-electron chi connectivity index (χ2n) is 5.07. The van der Waals surface area contributed by atoms with E-state index in [9.17, 15) is 0 Å². The Kier molecular flexibility index (Phi) is 2.67. The normalized spacial score (nSPS) is 14.8. The maximum Gasteiger partial charge on any atom is 0.331 e. The van der Waals surface area contributed by atoms with Crippen molar-refractivity contribution in [1.82, 2.24) is 4.81 Å².